The van der Waals surface area contributed by atoms with Crippen molar-refractivity contribution < 1.29 is 14.4 Å². The number of allylic oxidation sites excluding steroid dienone is 2. The fourth-order valence-corrected chi connectivity index (χ4v) is 4.42. The summed E-state index contributed by atoms with van der Waals surface area (Å²) < 4.78 is 0. The van der Waals surface area contributed by atoms with Gasteiger partial charge in [0.05, 0.1) is 17.9 Å². The number of likely N-dealkylation sites (tertiary alicyclic amines) is 2. The SMILES string of the molecule is O=C(CCCCc1ccccc1)N1CC(N2C(=O)C3CC=CCC3C2=O)C1. The standard InChI is InChI=1S/C22H26N2O3/c25-20(13-7-4-10-16-8-2-1-3-9-16)23-14-17(15-23)24-21(26)18-11-5-6-12-19(18)22(24)27/h1-3,5-6,8-9,17-19H,4,7,10-15H2. The minimum atomic E-state index is -0.176. The topological polar surface area (TPSA) is 57.7 Å². The Labute approximate surface area is 160 Å². The lowest BCUT2D eigenvalue weighted by molar-refractivity contribution is -0.152. The normalized spacial score (nSPS) is 24.9. The van der Waals surface area contributed by atoms with E-state index in [1.54, 1.807) is 4.90 Å². The molecule has 5 nitrogen and oxygen atoms in total. The van der Waals surface area contributed by atoms with Crippen LogP contribution < -0.4 is 0 Å². The van der Waals surface area contributed by atoms with Gasteiger partial charge in [-0.05, 0) is 37.7 Å². The van der Waals surface area contributed by atoms with Crippen LogP contribution in [0.2, 0.25) is 0 Å². The average Bonchev–Trinajstić information content (AvgIpc) is 2.91. The molecular weight excluding hydrogens is 340 g/mol. The second kappa shape index (κ2) is 7.67. The molecule has 0 bridgehead atoms. The van der Waals surface area contributed by atoms with Crippen LogP contribution in [-0.4, -0.2) is 46.7 Å². The summed E-state index contributed by atoms with van der Waals surface area (Å²) >= 11 is 0. The van der Waals surface area contributed by atoms with E-state index in [2.05, 4.69) is 12.1 Å². The number of carbonyl (C=O) groups excluding carboxylic acids is 3. The van der Waals surface area contributed by atoms with Gasteiger partial charge in [-0.25, -0.2) is 0 Å². The van der Waals surface area contributed by atoms with E-state index in [0.29, 0.717) is 32.4 Å². The molecule has 4 rings (SSSR count). The molecule has 3 amide bonds. The van der Waals surface area contributed by atoms with Crippen LogP contribution in [0.25, 0.3) is 0 Å². The lowest BCUT2D eigenvalue weighted by atomic mass is 9.85. The van der Waals surface area contributed by atoms with Crippen LogP contribution in [-0.2, 0) is 20.8 Å². The number of carbonyl (C=O) groups is 3. The van der Waals surface area contributed by atoms with Crippen LogP contribution >= 0.6 is 0 Å². The molecule has 1 aliphatic carbocycles. The van der Waals surface area contributed by atoms with E-state index in [4.69, 9.17) is 0 Å². The fraction of sp³-hybridized carbons (Fsp3) is 0.500. The lowest BCUT2D eigenvalue weighted by Gasteiger charge is -2.43. The number of fused-ring (bicyclic) bond motifs is 1. The zero-order chi connectivity index (χ0) is 18.8. The molecule has 2 heterocycles. The number of hydrogen-bond donors (Lipinski definition) is 0. The van der Waals surface area contributed by atoms with E-state index in [-0.39, 0.29) is 35.6 Å². The van der Waals surface area contributed by atoms with E-state index >= 15 is 0 Å². The van der Waals surface area contributed by atoms with Gasteiger partial charge in [0.2, 0.25) is 17.7 Å². The Kier molecular flexibility index (Phi) is 5.10. The quantitative estimate of drug-likeness (QED) is 0.442. The van der Waals surface area contributed by atoms with Crippen LogP contribution in [0.3, 0.4) is 0 Å². The third kappa shape index (κ3) is 3.55. The number of unbranched alkanes of at least 4 members (excludes halogenated alkanes) is 1. The number of benzene rings is 1. The molecule has 0 aromatic heterocycles. The molecule has 0 radical (unpaired) electrons. The first kappa shape index (κ1) is 18.0. The molecule has 5 heteroatoms. The summed E-state index contributed by atoms with van der Waals surface area (Å²) in [6.07, 6.45) is 8.73. The van der Waals surface area contributed by atoms with Crippen molar-refractivity contribution in [1.29, 1.82) is 0 Å². The summed E-state index contributed by atoms with van der Waals surface area (Å²) in [6, 6.07) is 10.2. The van der Waals surface area contributed by atoms with E-state index in [1.165, 1.54) is 10.5 Å². The molecule has 142 valence electrons. The minimum absolute atomic E-state index is 0.0330. The second-order valence-corrected chi connectivity index (χ2v) is 7.85. The van der Waals surface area contributed by atoms with Crippen LogP contribution in [0.5, 0.6) is 0 Å². The van der Waals surface area contributed by atoms with Gasteiger partial charge in [-0.3, -0.25) is 19.3 Å². The van der Waals surface area contributed by atoms with Gasteiger partial charge in [0, 0.05) is 19.5 Å². The Balaban J connectivity index is 1.21. The fourth-order valence-electron chi connectivity index (χ4n) is 4.42. The molecule has 0 N–H and O–H groups in total. The first-order chi connectivity index (χ1) is 13.1. The van der Waals surface area contributed by atoms with Crippen LogP contribution in [0.15, 0.2) is 42.5 Å². The number of amides is 3. The summed E-state index contributed by atoms with van der Waals surface area (Å²) in [4.78, 5) is 40.7. The molecule has 2 unspecified atom stereocenters. The van der Waals surface area contributed by atoms with Gasteiger partial charge in [0.1, 0.15) is 0 Å². The number of rotatable bonds is 6. The largest absolute Gasteiger partial charge is 0.338 e. The highest BCUT2D eigenvalue weighted by Gasteiger charge is 2.52. The van der Waals surface area contributed by atoms with E-state index in [1.807, 2.05) is 30.4 Å². The number of nitrogens with zero attached hydrogens (tertiary/aromatic N) is 2. The predicted molar refractivity (Wildman–Crippen MR) is 102 cm³/mol. The summed E-state index contributed by atoms with van der Waals surface area (Å²) in [5, 5.41) is 0. The van der Waals surface area contributed by atoms with E-state index in [9.17, 15) is 14.4 Å². The summed E-state index contributed by atoms with van der Waals surface area (Å²) in [5.41, 5.74) is 1.30. The van der Waals surface area contributed by atoms with E-state index < -0.39 is 0 Å². The Hall–Kier alpha value is -2.43. The first-order valence-electron chi connectivity index (χ1n) is 9.99. The maximum Gasteiger partial charge on any atom is 0.233 e. The van der Waals surface area contributed by atoms with Gasteiger partial charge < -0.3 is 4.90 Å². The Morgan fingerprint density at radius 3 is 2.19 bits per heavy atom. The third-order valence-electron chi connectivity index (χ3n) is 6.07. The van der Waals surface area contributed by atoms with Gasteiger partial charge in [-0.2, -0.15) is 0 Å². The van der Waals surface area contributed by atoms with Crippen LogP contribution in [0.4, 0.5) is 0 Å². The minimum Gasteiger partial charge on any atom is -0.338 e. The molecule has 2 saturated heterocycles. The van der Waals surface area contributed by atoms with Crippen molar-refractivity contribution in [1.82, 2.24) is 9.80 Å². The van der Waals surface area contributed by atoms with Crippen molar-refractivity contribution in [3.05, 3.63) is 48.0 Å². The molecule has 2 fully saturated rings. The van der Waals surface area contributed by atoms with Gasteiger partial charge >= 0.3 is 0 Å². The molecule has 1 aromatic carbocycles. The van der Waals surface area contributed by atoms with Crippen LogP contribution in [0.1, 0.15) is 37.7 Å². The van der Waals surface area contributed by atoms with Crippen molar-refractivity contribution >= 4 is 17.7 Å². The highest BCUT2D eigenvalue weighted by atomic mass is 16.2. The smallest absolute Gasteiger partial charge is 0.233 e. The second-order valence-electron chi connectivity index (χ2n) is 7.85. The van der Waals surface area contributed by atoms with Crippen molar-refractivity contribution in [2.24, 2.45) is 11.8 Å². The summed E-state index contributed by atoms with van der Waals surface area (Å²) in [5.74, 6) is -0.281. The monoisotopic (exact) mass is 366 g/mol. The van der Waals surface area contributed by atoms with Crippen LogP contribution in [0, 0.1) is 11.8 Å². The molecule has 3 aliphatic rings. The van der Waals surface area contributed by atoms with Gasteiger partial charge in [0.15, 0.2) is 0 Å². The van der Waals surface area contributed by atoms with Crippen molar-refractivity contribution in [2.45, 2.75) is 44.6 Å². The molecule has 1 aromatic rings. The molecule has 0 saturated carbocycles. The zero-order valence-electron chi connectivity index (χ0n) is 15.5. The number of aryl methyl sites for hydroxylation is 1. The number of hydrogen-bond acceptors (Lipinski definition) is 3. The van der Waals surface area contributed by atoms with Crippen molar-refractivity contribution in [3.63, 3.8) is 0 Å². The van der Waals surface area contributed by atoms with Gasteiger partial charge in [-0.15, -0.1) is 0 Å². The molecule has 2 aliphatic heterocycles. The van der Waals surface area contributed by atoms with Crippen molar-refractivity contribution in [2.75, 3.05) is 13.1 Å². The van der Waals surface area contributed by atoms with Gasteiger partial charge in [-0.1, -0.05) is 42.5 Å². The highest BCUT2D eigenvalue weighted by Crippen LogP contribution is 2.37. The van der Waals surface area contributed by atoms with Gasteiger partial charge in [0.25, 0.3) is 0 Å². The van der Waals surface area contributed by atoms with Crippen molar-refractivity contribution in [3.8, 4) is 0 Å². The average molecular weight is 366 g/mol. The molecule has 0 spiro atoms. The highest BCUT2D eigenvalue weighted by molar-refractivity contribution is 6.06. The first-order valence-corrected chi connectivity index (χ1v) is 9.99. The third-order valence-corrected chi connectivity index (χ3v) is 6.07. The Morgan fingerprint density at radius 2 is 1.56 bits per heavy atom. The zero-order valence-corrected chi connectivity index (χ0v) is 15.5. The lowest BCUT2D eigenvalue weighted by Crippen LogP contribution is -2.62. The Bertz CT molecular complexity index is 726. The Morgan fingerprint density at radius 1 is 0.926 bits per heavy atom. The van der Waals surface area contributed by atoms with E-state index in [0.717, 1.165) is 19.3 Å². The molecule has 2 atom stereocenters. The maximum atomic E-state index is 12.6. The summed E-state index contributed by atoms with van der Waals surface area (Å²) in [7, 11) is 0. The predicted octanol–water partition coefficient (Wildman–Crippen LogP) is 2.56. The molecular formula is C22H26N2O3. The summed E-state index contributed by atoms with van der Waals surface area (Å²) in [6.45, 7) is 1.00. The maximum absolute atomic E-state index is 12.6. The number of imide groups is 1. The molecule has 27 heavy (non-hydrogen) atoms.